The van der Waals surface area contributed by atoms with E-state index in [1.807, 2.05) is 6.92 Å². The van der Waals surface area contributed by atoms with Gasteiger partial charge in [-0.25, -0.2) is 4.79 Å². The summed E-state index contributed by atoms with van der Waals surface area (Å²) in [5, 5.41) is 9.06. The maximum Gasteiger partial charge on any atom is 0.327 e. The summed E-state index contributed by atoms with van der Waals surface area (Å²) in [5.41, 5.74) is 0. The fraction of sp³-hybridized carbons (Fsp3) is 0.818. The first-order chi connectivity index (χ1) is 8.15. The van der Waals surface area contributed by atoms with E-state index >= 15 is 0 Å². The van der Waals surface area contributed by atoms with Crippen LogP contribution in [0.3, 0.4) is 0 Å². The van der Waals surface area contributed by atoms with E-state index in [-0.39, 0.29) is 17.9 Å². The number of rotatable bonds is 3. The number of carboxylic acid groups (broad SMARTS) is 1. The molecule has 2 heterocycles. The Labute approximate surface area is 104 Å². The number of ether oxygens (including phenoxy) is 1. The highest BCUT2D eigenvalue weighted by molar-refractivity contribution is 7.99. The molecule has 17 heavy (non-hydrogen) atoms. The predicted molar refractivity (Wildman–Crippen MR) is 63.7 cm³/mol. The van der Waals surface area contributed by atoms with E-state index < -0.39 is 12.0 Å². The Hall–Kier alpha value is -0.750. The van der Waals surface area contributed by atoms with Gasteiger partial charge in [0.25, 0.3) is 0 Å². The number of carbonyl (C=O) groups excluding carboxylic acids is 1. The minimum absolute atomic E-state index is 0.0393. The Balaban J connectivity index is 2.06. The zero-order valence-corrected chi connectivity index (χ0v) is 10.6. The Morgan fingerprint density at radius 3 is 2.94 bits per heavy atom. The van der Waals surface area contributed by atoms with Crippen molar-refractivity contribution in [2.24, 2.45) is 5.92 Å². The molecule has 0 aliphatic carbocycles. The highest BCUT2D eigenvalue weighted by Gasteiger charge is 2.41. The van der Waals surface area contributed by atoms with Gasteiger partial charge in [0.2, 0.25) is 5.91 Å². The first-order valence-electron chi connectivity index (χ1n) is 5.87. The Morgan fingerprint density at radius 1 is 1.53 bits per heavy atom. The Bertz CT molecular complexity index is 323. The molecule has 2 rings (SSSR count). The average Bonchev–Trinajstić information content (AvgIpc) is 2.96. The molecule has 0 aromatic heterocycles. The second kappa shape index (κ2) is 5.27. The zero-order chi connectivity index (χ0) is 12.4. The van der Waals surface area contributed by atoms with Crippen LogP contribution in [-0.2, 0) is 14.3 Å². The van der Waals surface area contributed by atoms with Crippen molar-refractivity contribution >= 4 is 23.6 Å². The number of carbonyl (C=O) groups is 2. The van der Waals surface area contributed by atoms with Crippen LogP contribution in [0.4, 0.5) is 0 Å². The summed E-state index contributed by atoms with van der Waals surface area (Å²) in [5.74, 6) is -0.128. The van der Waals surface area contributed by atoms with Crippen LogP contribution >= 0.6 is 11.8 Å². The molecule has 2 fully saturated rings. The summed E-state index contributed by atoms with van der Waals surface area (Å²) in [6.07, 6.45) is 1.47. The molecule has 2 aliphatic heterocycles. The van der Waals surface area contributed by atoms with E-state index in [9.17, 15) is 9.59 Å². The summed E-state index contributed by atoms with van der Waals surface area (Å²) < 4.78 is 5.49. The maximum absolute atomic E-state index is 12.3. The fourth-order valence-electron chi connectivity index (χ4n) is 2.41. The number of aliphatic carboxylic acids is 1. The quantitative estimate of drug-likeness (QED) is 0.811. The van der Waals surface area contributed by atoms with E-state index in [0.29, 0.717) is 24.7 Å². The van der Waals surface area contributed by atoms with Crippen molar-refractivity contribution in [3.05, 3.63) is 0 Å². The van der Waals surface area contributed by atoms with Gasteiger partial charge in [0.1, 0.15) is 6.04 Å². The van der Waals surface area contributed by atoms with E-state index in [1.165, 1.54) is 16.7 Å². The van der Waals surface area contributed by atoms with Gasteiger partial charge < -0.3 is 14.7 Å². The standard InChI is InChI=1S/C11H17NO4S/c1-2-9-7(3-4-16-9)10(13)12-6-17-5-8(12)11(14)15/h7-9H,2-6H2,1H3,(H,14,15)/t7?,8-,9?/m0/s1. The minimum Gasteiger partial charge on any atom is -0.480 e. The van der Waals surface area contributed by atoms with Gasteiger partial charge >= 0.3 is 5.97 Å². The highest BCUT2D eigenvalue weighted by Crippen LogP contribution is 2.30. The summed E-state index contributed by atoms with van der Waals surface area (Å²) in [4.78, 5) is 24.8. The number of hydrogen-bond acceptors (Lipinski definition) is 4. The van der Waals surface area contributed by atoms with Crippen LogP contribution in [0.2, 0.25) is 0 Å². The van der Waals surface area contributed by atoms with E-state index in [0.717, 1.165) is 6.42 Å². The van der Waals surface area contributed by atoms with Gasteiger partial charge in [0.15, 0.2) is 0 Å². The molecular weight excluding hydrogens is 242 g/mol. The average molecular weight is 259 g/mol. The molecule has 1 N–H and O–H groups in total. The third-order valence-corrected chi connectivity index (χ3v) is 4.39. The molecular formula is C11H17NO4S. The zero-order valence-electron chi connectivity index (χ0n) is 9.80. The molecule has 2 aliphatic rings. The lowest BCUT2D eigenvalue weighted by atomic mass is 9.97. The number of thioether (sulfide) groups is 1. The van der Waals surface area contributed by atoms with Gasteiger partial charge in [-0.3, -0.25) is 4.79 Å². The molecule has 0 aromatic rings. The van der Waals surface area contributed by atoms with Crippen LogP contribution in [0.15, 0.2) is 0 Å². The first kappa shape index (κ1) is 12.7. The summed E-state index contributed by atoms with van der Waals surface area (Å²) in [6, 6.07) is -0.661. The lowest BCUT2D eigenvalue weighted by Crippen LogP contribution is -2.46. The van der Waals surface area contributed by atoms with Crippen molar-refractivity contribution in [2.45, 2.75) is 31.9 Å². The van der Waals surface area contributed by atoms with Crippen LogP contribution in [-0.4, -0.2) is 52.3 Å². The smallest absolute Gasteiger partial charge is 0.327 e. The molecule has 2 unspecified atom stereocenters. The Kier molecular flexibility index (Phi) is 3.93. The molecule has 0 bridgehead atoms. The van der Waals surface area contributed by atoms with Crippen LogP contribution in [0.25, 0.3) is 0 Å². The highest BCUT2D eigenvalue weighted by atomic mass is 32.2. The fourth-order valence-corrected chi connectivity index (χ4v) is 3.57. The molecule has 96 valence electrons. The molecule has 0 aromatic carbocycles. The monoisotopic (exact) mass is 259 g/mol. The van der Waals surface area contributed by atoms with Gasteiger partial charge in [-0.2, -0.15) is 0 Å². The van der Waals surface area contributed by atoms with E-state index in [2.05, 4.69) is 0 Å². The maximum atomic E-state index is 12.3. The summed E-state index contributed by atoms with van der Waals surface area (Å²) in [6.45, 7) is 2.59. The van der Waals surface area contributed by atoms with Crippen molar-refractivity contribution in [3.63, 3.8) is 0 Å². The Morgan fingerprint density at radius 2 is 2.29 bits per heavy atom. The van der Waals surface area contributed by atoms with Crippen molar-refractivity contribution in [3.8, 4) is 0 Å². The third-order valence-electron chi connectivity index (χ3n) is 3.38. The normalized spacial score (nSPS) is 33.0. The van der Waals surface area contributed by atoms with Crippen LogP contribution in [0, 0.1) is 5.92 Å². The van der Waals surface area contributed by atoms with E-state index in [4.69, 9.17) is 9.84 Å². The molecule has 3 atom stereocenters. The van der Waals surface area contributed by atoms with Crippen molar-refractivity contribution < 1.29 is 19.4 Å². The number of hydrogen-bond donors (Lipinski definition) is 1. The summed E-state index contributed by atoms with van der Waals surface area (Å²) in [7, 11) is 0. The van der Waals surface area contributed by atoms with Gasteiger partial charge in [-0.15, -0.1) is 11.8 Å². The molecule has 5 nitrogen and oxygen atoms in total. The lowest BCUT2D eigenvalue weighted by Gasteiger charge is -2.25. The lowest BCUT2D eigenvalue weighted by molar-refractivity contribution is -0.150. The molecule has 0 saturated carbocycles. The van der Waals surface area contributed by atoms with Gasteiger partial charge in [0, 0.05) is 12.4 Å². The van der Waals surface area contributed by atoms with Crippen molar-refractivity contribution in [1.29, 1.82) is 0 Å². The molecule has 1 amide bonds. The summed E-state index contributed by atoms with van der Waals surface area (Å²) >= 11 is 1.50. The molecule has 0 spiro atoms. The first-order valence-corrected chi connectivity index (χ1v) is 7.03. The van der Waals surface area contributed by atoms with Crippen LogP contribution in [0.1, 0.15) is 19.8 Å². The van der Waals surface area contributed by atoms with Crippen LogP contribution in [0.5, 0.6) is 0 Å². The van der Waals surface area contributed by atoms with Crippen molar-refractivity contribution in [2.75, 3.05) is 18.2 Å². The van der Waals surface area contributed by atoms with E-state index in [1.54, 1.807) is 0 Å². The van der Waals surface area contributed by atoms with Crippen molar-refractivity contribution in [1.82, 2.24) is 4.90 Å². The minimum atomic E-state index is -0.907. The van der Waals surface area contributed by atoms with Gasteiger partial charge in [-0.1, -0.05) is 6.92 Å². The van der Waals surface area contributed by atoms with Gasteiger partial charge in [0.05, 0.1) is 17.9 Å². The molecule has 2 saturated heterocycles. The number of amides is 1. The number of nitrogens with zero attached hydrogens (tertiary/aromatic N) is 1. The van der Waals surface area contributed by atoms with Gasteiger partial charge in [-0.05, 0) is 12.8 Å². The van der Waals surface area contributed by atoms with Crippen LogP contribution < -0.4 is 0 Å². The predicted octanol–water partition coefficient (Wildman–Crippen LogP) is 0.788. The SMILES string of the molecule is CCC1OCCC1C(=O)N1CSC[C@H]1C(=O)O. The number of carboxylic acids is 1. The second-order valence-electron chi connectivity index (χ2n) is 4.37. The largest absolute Gasteiger partial charge is 0.480 e. The topological polar surface area (TPSA) is 66.8 Å². The second-order valence-corrected chi connectivity index (χ2v) is 5.37. The molecule has 6 heteroatoms. The third kappa shape index (κ3) is 2.42. The molecule has 0 radical (unpaired) electrons.